The normalized spacial score (nSPS) is 23.2. The van der Waals surface area contributed by atoms with E-state index >= 15 is 0 Å². The Labute approximate surface area is 92.2 Å². The maximum atomic E-state index is 12.9. The van der Waals surface area contributed by atoms with Gasteiger partial charge in [-0.15, -0.1) is 0 Å². The predicted molar refractivity (Wildman–Crippen MR) is 54.9 cm³/mol. The summed E-state index contributed by atoms with van der Waals surface area (Å²) in [6, 6.07) is 3.66. The fourth-order valence-electron chi connectivity index (χ4n) is 1.98. The molecule has 1 saturated carbocycles. The number of aromatic amines is 1. The molecule has 1 aromatic rings. The lowest BCUT2D eigenvalue weighted by atomic mass is 10.1. The van der Waals surface area contributed by atoms with Gasteiger partial charge in [-0.05, 0) is 18.6 Å². The number of carbonyl (C=O) groups is 1. The highest BCUT2D eigenvalue weighted by molar-refractivity contribution is 5.79. The lowest BCUT2D eigenvalue weighted by molar-refractivity contribution is -0.126. The van der Waals surface area contributed by atoms with Crippen LogP contribution >= 0.6 is 0 Å². The monoisotopic (exact) mass is 228 g/mol. The van der Waals surface area contributed by atoms with E-state index in [0.29, 0.717) is 6.54 Å². The molecule has 1 unspecified atom stereocenters. The second-order valence-electron chi connectivity index (χ2n) is 4.21. The molecule has 1 amide bonds. The van der Waals surface area contributed by atoms with Crippen LogP contribution in [0.3, 0.4) is 0 Å². The van der Waals surface area contributed by atoms with Crippen LogP contribution in [0, 0.1) is 5.92 Å². The molecule has 0 aliphatic heterocycles. The number of H-pyrrole nitrogens is 1. The minimum absolute atomic E-state index is 0.173. The summed E-state index contributed by atoms with van der Waals surface area (Å²) in [7, 11) is 0. The van der Waals surface area contributed by atoms with Gasteiger partial charge in [0.05, 0.1) is 6.54 Å². The maximum absolute atomic E-state index is 12.9. The number of nitrogens with one attached hydrogen (secondary N) is 2. The van der Waals surface area contributed by atoms with E-state index in [1.807, 2.05) is 12.1 Å². The van der Waals surface area contributed by atoms with Crippen LogP contribution in [-0.2, 0) is 11.3 Å². The zero-order chi connectivity index (χ0) is 11.6. The summed E-state index contributed by atoms with van der Waals surface area (Å²) < 4.78 is 25.8. The smallest absolute Gasteiger partial charge is 0.248 e. The van der Waals surface area contributed by atoms with Gasteiger partial charge in [0.1, 0.15) is 0 Å². The highest BCUT2D eigenvalue weighted by Crippen LogP contribution is 2.38. The second kappa shape index (κ2) is 4.23. The van der Waals surface area contributed by atoms with Gasteiger partial charge in [0, 0.05) is 30.7 Å². The van der Waals surface area contributed by atoms with Crippen LogP contribution in [0.2, 0.25) is 0 Å². The second-order valence-corrected chi connectivity index (χ2v) is 4.21. The van der Waals surface area contributed by atoms with Gasteiger partial charge >= 0.3 is 0 Å². The third kappa shape index (κ3) is 2.59. The van der Waals surface area contributed by atoms with E-state index < -0.39 is 11.8 Å². The number of alkyl halides is 2. The van der Waals surface area contributed by atoms with E-state index in [1.54, 1.807) is 6.20 Å². The molecule has 1 aliphatic carbocycles. The Kier molecular flexibility index (Phi) is 2.94. The molecular weight excluding hydrogens is 214 g/mol. The van der Waals surface area contributed by atoms with Crippen molar-refractivity contribution in [2.24, 2.45) is 5.92 Å². The summed E-state index contributed by atoms with van der Waals surface area (Å²) in [5.74, 6) is -3.47. The average Bonchev–Trinajstić information content (AvgIpc) is 2.83. The number of hydrogen-bond donors (Lipinski definition) is 2. The standard InChI is InChI=1S/C11H14F2N2O/c12-11(13)4-3-8(6-11)10(16)15-7-9-2-1-5-14-9/h1-2,5,8,14H,3-4,6-7H2,(H,15,16). The molecule has 16 heavy (non-hydrogen) atoms. The molecule has 88 valence electrons. The van der Waals surface area contributed by atoms with Crippen molar-refractivity contribution in [1.29, 1.82) is 0 Å². The number of amides is 1. The number of hydrogen-bond acceptors (Lipinski definition) is 1. The molecule has 5 heteroatoms. The van der Waals surface area contributed by atoms with E-state index in [0.717, 1.165) is 5.69 Å². The zero-order valence-corrected chi connectivity index (χ0v) is 8.80. The Morgan fingerprint density at radius 3 is 3.00 bits per heavy atom. The van der Waals surface area contributed by atoms with Crippen LogP contribution in [0.4, 0.5) is 8.78 Å². The fourth-order valence-corrected chi connectivity index (χ4v) is 1.98. The number of rotatable bonds is 3. The Morgan fingerprint density at radius 2 is 2.44 bits per heavy atom. The molecule has 3 nitrogen and oxygen atoms in total. The third-order valence-corrected chi connectivity index (χ3v) is 2.89. The van der Waals surface area contributed by atoms with E-state index in [9.17, 15) is 13.6 Å². The minimum Gasteiger partial charge on any atom is -0.364 e. The molecule has 1 heterocycles. The van der Waals surface area contributed by atoms with Crippen LogP contribution in [-0.4, -0.2) is 16.8 Å². The first-order valence-electron chi connectivity index (χ1n) is 5.35. The summed E-state index contributed by atoms with van der Waals surface area (Å²) in [6.45, 7) is 0.369. The van der Waals surface area contributed by atoms with Gasteiger partial charge in [-0.3, -0.25) is 4.79 Å². The van der Waals surface area contributed by atoms with Gasteiger partial charge in [-0.2, -0.15) is 0 Å². The van der Waals surface area contributed by atoms with Gasteiger partial charge in [-0.1, -0.05) is 0 Å². The van der Waals surface area contributed by atoms with Gasteiger partial charge in [0.2, 0.25) is 11.8 Å². The van der Waals surface area contributed by atoms with E-state index in [4.69, 9.17) is 0 Å². The molecular formula is C11H14F2N2O. The van der Waals surface area contributed by atoms with Crippen molar-refractivity contribution in [2.45, 2.75) is 31.7 Å². The SMILES string of the molecule is O=C(NCc1ccc[nH]1)C1CCC(F)(F)C1. The van der Waals surface area contributed by atoms with Gasteiger partial charge in [0.15, 0.2) is 0 Å². The first-order chi connectivity index (χ1) is 7.57. The lowest BCUT2D eigenvalue weighted by Crippen LogP contribution is -2.29. The van der Waals surface area contributed by atoms with Crippen molar-refractivity contribution in [3.05, 3.63) is 24.0 Å². The molecule has 1 aliphatic rings. The Bertz CT molecular complexity index is 362. The zero-order valence-electron chi connectivity index (χ0n) is 8.80. The van der Waals surface area contributed by atoms with Gasteiger partial charge < -0.3 is 10.3 Å². The van der Waals surface area contributed by atoms with E-state index in [2.05, 4.69) is 10.3 Å². The van der Waals surface area contributed by atoms with Crippen LogP contribution in [0.15, 0.2) is 18.3 Å². The molecule has 0 spiro atoms. The van der Waals surface area contributed by atoms with Crippen molar-refractivity contribution in [2.75, 3.05) is 0 Å². The third-order valence-electron chi connectivity index (χ3n) is 2.89. The van der Waals surface area contributed by atoms with E-state index in [-0.39, 0.29) is 25.2 Å². The lowest BCUT2D eigenvalue weighted by Gasteiger charge is -2.10. The van der Waals surface area contributed by atoms with Gasteiger partial charge in [0.25, 0.3) is 0 Å². The number of carbonyl (C=O) groups excluding carboxylic acids is 1. The van der Waals surface area contributed by atoms with Crippen LogP contribution in [0.25, 0.3) is 0 Å². The Hall–Kier alpha value is -1.39. The highest BCUT2D eigenvalue weighted by Gasteiger charge is 2.42. The first-order valence-corrected chi connectivity index (χ1v) is 5.35. The summed E-state index contributed by atoms with van der Waals surface area (Å²) in [5, 5.41) is 2.66. The van der Waals surface area contributed by atoms with Crippen molar-refractivity contribution >= 4 is 5.91 Å². The van der Waals surface area contributed by atoms with Crippen LogP contribution in [0.5, 0.6) is 0 Å². The van der Waals surface area contributed by atoms with Crippen molar-refractivity contribution in [1.82, 2.24) is 10.3 Å². The van der Waals surface area contributed by atoms with E-state index in [1.165, 1.54) is 0 Å². The van der Waals surface area contributed by atoms with Crippen LogP contribution in [0.1, 0.15) is 25.0 Å². The summed E-state index contributed by atoms with van der Waals surface area (Å²) >= 11 is 0. The highest BCUT2D eigenvalue weighted by atomic mass is 19.3. The molecule has 0 bridgehead atoms. The molecule has 1 fully saturated rings. The number of aromatic nitrogens is 1. The summed E-state index contributed by atoms with van der Waals surface area (Å²) in [5.41, 5.74) is 0.873. The quantitative estimate of drug-likeness (QED) is 0.817. The topological polar surface area (TPSA) is 44.9 Å². The average molecular weight is 228 g/mol. The molecule has 1 aromatic heterocycles. The fraction of sp³-hybridized carbons (Fsp3) is 0.545. The maximum Gasteiger partial charge on any atom is 0.248 e. The predicted octanol–water partition coefficient (Wildman–Crippen LogP) is 2.07. The first kappa shape index (κ1) is 11.1. The molecule has 2 N–H and O–H groups in total. The minimum atomic E-state index is -2.66. The summed E-state index contributed by atoms with van der Waals surface area (Å²) in [4.78, 5) is 14.5. The number of halogens is 2. The Morgan fingerprint density at radius 1 is 1.62 bits per heavy atom. The van der Waals surface area contributed by atoms with Crippen molar-refractivity contribution in [3.63, 3.8) is 0 Å². The Balaban J connectivity index is 1.81. The molecule has 1 atom stereocenters. The molecule has 2 rings (SSSR count). The van der Waals surface area contributed by atoms with Crippen molar-refractivity contribution < 1.29 is 13.6 Å². The van der Waals surface area contributed by atoms with Crippen molar-refractivity contribution in [3.8, 4) is 0 Å². The summed E-state index contributed by atoms with van der Waals surface area (Å²) in [6.07, 6.45) is 1.55. The molecule has 0 saturated heterocycles. The molecule has 0 radical (unpaired) electrons. The van der Waals surface area contributed by atoms with Crippen LogP contribution < -0.4 is 5.32 Å². The largest absolute Gasteiger partial charge is 0.364 e. The molecule has 0 aromatic carbocycles. The van der Waals surface area contributed by atoms with Gasteiger partial charge in [-0.25, -0.2) is 8.78 Å².